The molecule has 0 aromatic rings. The molecule has 0 radical (unpaired) electrons. The summed E-state index contributed by atoms with van der Waals surface area (Å²) in [4.78, 5) is 2.29. The fourth-order valence-electron chi connectivity index (χ4n) is 1.47. The molecule has 0 saturated carbocycles. The van der Waals surface area contributed by atoms with E-state index in [1.807, 2.05) is 0 Å². The summed E-state index contributed by atoms with van der Waals surface area (Å²) in [5.41, 5.74) is 5.70. The molecule has 1 unspecified atom stereocenters. The fraction of sp³-hybridized carbons (Fsp3) is 1.00. The third kappa shape index (κ3) is 4.60. The Morgan fingerprint density at radius 2 is 2.00 bits per heavy atom. The molecule has 3 heteroatoms. The lowest BCUT2D eigenvalue weighted by Crippen LogP contribution is -2.49. The zero-order valence-electron chi connectivity index (χ0n) is 9.56. The van der Waals surface area contributed by atoms with Crippen molar-refractivity contribution < 1.29 is 0 Å². The van der Waals surface area contributed by atoms with Gasteiger partial charge in [0, 0.05) is 25.2 Å². The molecule has 0 aliphatic rings. The van der Waals surface area contributed by atoms with E-state index in [0.29, 0.717) is 0 Å². The van der Waals surface area contributed by atoms with Crippen molar-refractivity contribution >= 4 is 0 Å². The van der Waals surface area contributed by atoms with Gasteiger partial charge in [0.1, 0.15) is 0 Å². The van der Waals surface area contributed by atoms with Gasteiger partial charge < -0.3 is 16.0 Å². The van der Waals surface area contributed by atoms with Gasteiger partial charge in [-0.25, -0.2) is 0 Å². The Bertz CT molecular complexity index is 125. The first-order valence-corrected chi connectivity index (χ1v) is 5.15. The molecular formula is C10H25N3. The summed E-state index contributed by atoms with van der Waals surface area (Å²) in [7, 11) is 4.28. The number of hydrogen-bond donors (Lipinski definition) is 2. The van der Waals surface area contributed by atoms with Crippen LogP contribution in [0.2, 0.25) is 0 Å². The third-order valence-corrected chi connectivity index (χ3v) is 2.70. The van der Waals surface area contributed by atoms with Gasteiger partial charge in [0.2, 0.25) is 0 Å². The molecule has 0 spiro atoms. The van der Waals surface area contributed by atoms with Crippen LogP contribution in [-0.4, -0.2) is 44.2 Å². The molecule has 0 saturated heterocycles. The molecule has 0 aromatic heterocycles. The Balaban J connectivity index is 3.92. The second-order valence-corrected chi connectivity index (χ2v) is 4.11. The van der Waals surface area contributed by atoms with E-state index in [1.54, 1.807) is 0 Å². The summed E-state index contributed by atoms with van der Waals surface area (Å²) in [5.74, 6) is 0. The van der Waals surface area contributed by atoms with Crippen LogP contribution in [-0.2, 0) is 0 Å². The minimum atomic E-state index is 0.268. The zero-order valence-corrected chi connectivity index (χ0v) is 9.56. The molecule has 0 bridgehead atoms. The van der Waals surface area contributed by atoms with E-state index in [2.05, 4.69) is 38.2 Å². The first-order chi connectivity index (χ1) is 6.06. The number of nitrogens with one attached hydrogen (secondary N) is 1. The smallest absolute Gasteiger partial charge is 0.0299 e. The highest BCUT2D eigenvalue weighted by atomic mass is 15.2. The molecule has 13 heavy (non-hydrogen) atoms. The fourth-order valence-corrected chi connectivity index (χ4v) is 1.47. The first-order valence-electron chi connectivity index (χ1n) is 5.15. The van der Waals surface area contributed by atoms with Crippen LogP contribution in [0.15, 0.2) is 0 Å². The van der Waals surface area contributed by atoms with E-state index in [-0.39, 0.29) is 5.54 Å². The molecular weight excluding hydrogens is 162 g/mol. The molecule has 0 aliphatic heterocycles. The molecule has 0 amide bonds. The highest BCUT2D eigenvalue weighted by Gasteiger charge is 2.24. The standard InChI is InChI=1S/C10H25N3/c1-5-6-10(2,13(3)4)9-12-8-7-11/h12H,5-9,11H2,1-4H3. The average molecular weight is 187 g/mol. The summed E-state index contributed by atoms with van der Waals surface area (Å²) < 4.78 is 0. The lowest BCUT2D eigenvalue weighted by atomic mass is 9.95. The number of hydrogen-bond acceptors (Lipinski definition) is 3. The SMILES string of the molecule is CCCC(C)(CNCCN)N(C)C. The molecule has 0 aromatic carbocycles. The topological polar surface area (TPSA) is 41.3 Å². The second-order valence-electron chi connectivity index (χ2n) is 4.11. The van der Waals surface area contributed by atoms with Crippen LogP contribution in [0.25, 0.3) is 0 Å². The third-order valence-electron chi connectivity index (χ3n) is 2.70. The lowest BCUT2D eigenvalue weighted by molar-refractivity contribution is 0.155. The number of rotatable bonds is 7. The van der Waals surface area contributed by atoms with Crippen molar-refractivity contribution in [2.24, 2.45) is 5.73 Å². The highest BCUT2D eigenvalue weighted by molar-refractivity contribution is 4.84. The van der Waals surface area contributed by atoms with Gasteiger partial charge in [0.25, 0.3) is 0 Å². The molecule has 0 fully saturated rings. The van der Waals surface area contributed by atoms with Gasteiger partial charge in [0.05, 0.1) is 0 Å². The monoisotopic (exact) mass is 187 g/mol. The zero-order chi connectivity index (χ0) is 10.3. The molecule has 0 rings (SSSR count). The van der Waals surface area contributed by atoms with E-state index >= 15 is 0 Å². The Kier molecular flexibility index (Phi) is 6.29. The minimum Gasteiger partial charge on any atom is -0.329 e. The minimum absolute atomic E-state index is 0.268. The second kappa shape index (κ2) is 6.35. The molecule has 3 N–H and O–H groups in total. The summed E-state index contributed by atoms with van der Waals surface area (Å²) in [6, 6.07) is 0. The largest absolute Gasteiger partial charge is 0.329 e. The van der Waals surface area contributed by atoms with Crippen LogP contribution in [0.4, 0.5) is 0 Å². The number of likely N-dealkylation sites (N-methyl/N-ethyl adjacent to an activating group) is 1. The van der Waals surface area contributed by atoms with Gasteiger partial charge in [-0.15, -0.1) is 0 Å². The predicted octanol–water partition coefficient (Wildman–Crippen LogP) is 0.655. The predicted molar refractivity (Wildman–Crippen MR) is 58.9 cm³/mol. The van der Waals surface area contributed by atoms with E-state index in [9.17, 15) is 0 Å². The van der Waals surface area contributed by atoms with Crippen LogP contribution in [0.5, 0.6) is 0 Å². The van der Waals surface area contributed by atoms with Crippen molar-refractivity contribution in [1.82, 2.24) is 10.2 Å². The van der Waals surface area contributed by atoms with Crippen molar-refractivity contribution in [3.8, 4) is 0 Å². The van der Waals surface area contributed by atoms with Crippen LogP contribution in [0.3, 0.4) is 0 Å². The van der Waals surface area contributed by atoms with Gasteiger partial charge in [-0.05, 0) is 27.4 Å². The van der Waals surface area contributed by atoms with Gasteiger partial charge >= 0.3 is 0 Å². The summed E-state index contributed by atoms with van der Waals surface area (Å²) in [5, 5.41) is 3.38. The normalized spacial score (nSPS) is 16.2. The Morgan fingerprint density at radius 1 is 1.38 bits per heavy atom. The maximum absolute atomic E-state index is 5.43. The maximum Gasteiger partial charge on any atom is 0.0299 e. The maximum atomic E-state index is 5.43. The van der Waals surface area contributed by atoms with Gasteiger partial charge in [-0.2, -0.15) is 0 Å². The molecule has 0 aliphatic carbocycles. The van der Waals surface area contributed by atoms with Crippen LogP contribution in [0.1, 0.15) is 26.7 Å². The van der Waals surface area contributed by atoms with E-state index in [0.717, 1.165) is 19.6 Å². The van der Waals surface area contributed by atoms with Gasteiger partial charge in [0.15, 0.2) is 0 Å². The molecule has 80 valence electrons. The summed E-state index contributed by atoms with van der Waals surface area (Å²) in [6.07, 6.45) is 2.44. The Morgan fingerprint density at radius 3 is 2.38 bits per heavy atom. The van der Waals surface area contributed by atoms with Crippen molar-refractivity contribution in [1.29, 1.82) is 0 Å². The highest BCUT2D eigenvalue weighted by Crippen LogP contribution is 2.16. The van der Waals surface area contributed by atoms with Crippen molar-refractivity contribution in [2.45, 2.75) is 32.2 Å². The van der Waals surface area contributed by atoms with Crippen LogP contribution < -0.4 is 11.1 Å². The summed E-state index contributed by atoms with van der Waals surface area (Å²) >= 11 is 0. The molecule has 0 heterocycles. The van der Waals surface area contributed by atoms with Crippen LogP contribution >= 0.6 is 0 Å². The average Bonchev–Trinajstić information content (AvgIpc) is 2.05. The Hall–Kier alpha value is -0.120. The van der Waals surface area contributed by atoms with Gasteiger partial charge in [-0.1, -0.05) is 13.3 Å². The lowest BCUT2D eigenvalue weighted by Gasteiger charge is -2.36. The Labute approximate surface area is 82.7 Å². The number of nitrogens with zero attached hydrogens (tertiary/aromatic N) is 1. The van der Waals surface area contributed by atoms with Crippen molar-refractivity contribution in [3.63, 3.8) is 0 Å². The van der Waals surface area contributed by atoms with E-state index in [1.165, 1.54) is 12.8 Å². The van der Waals surface area contributed by atoms with Gasteiger partial charge in [-0.3, -0.25) is 0 Å². The summed E-state index contributed by atoms with van der Waals surface area (Å²) in [6.45, 7) is 7.17. The molecule has 3 nitrogen and oxygen atoms in total. The van der Waals surface area contributed by atoms with Crippen LogP contribution in [0, 0.1) is 0 Å². The van der Waals surface area contributed by atoms with Crippen molar-refractivity contribution in [2.75, 3.05) is 33.7 Å². The van der Waals surface area contributed by atoms with Crippen molar-refractivity contribution in [3.05, 3.63) is 0 Å². The number of nitrogens with two attached hydrogens (primary N) is 1. The van der Waals surface area contributed by atoms with E-state index < -0.39 is 0 Å². The van der Waals surface area contributed by atoms with E-state index in [4.69, 9.17) is 5.73 Å². The molecule has 1 atom stereocenters. The quantitative estimate of drug-likeness (QED) is 0.575. The first kappa shape index (κ1) is 12.9.